The van der Waals surface area contributed by atoms with Crippen molar-refractivity contribution >= 4 is 16.8 Å². The first-order valence-electron chi connectivity index (χ1n) is 6.44. The first-order valence-corrected chi connectivity index (χ1v) is 6.44. The minimum absolute atomic E-state index is 0.0802. The van der Waals surface area contributed by atoms with Crippen molar-refractivity contribution in [2.45, 2.75) is 0 Å². The summed E-state index contributed by atoms with van der Waals surface area (Å²) >= 11 is 0. The van der Waals surface area contributed by atoms with Gasteiger partial charge >= 0.3 is 0 Å². The van der Waals surface area contributed by atoms with E-state index in [4.69, 9.17) is 4.84 Å². The second-order valence-electron chi connectivity index (χ2n) is 4.94. The first-order chi connectivity index (χ1) is 9.84. The van der Waals surface area contributed by atoms with Crippen LogP contribution in [0, 0.1) is 6.23 Å². The highest BCUT2D eigenvalue weighted by molar-refractivity contribution is 6.05. The van der Waals surface area contributed by atoms with E-state index in [1.807, 2.05) is 36.5 Å². The van der Waals surface area contributed by atoms with Gasteiger partial charge < -0.3 is 4.57 Å². The molecule has 2 aromatic carbocycles. The molecule has 4 nitrogen and oxygen atoms in total. The molecule has 3 aromatic rings. The average Bonchev–Trinajstić information content (AvgIpc) is 3.09. The Morgan fingerprint density at radius 2 is 1.85 bits per heavy atom. The molecular formula is C16H9N2O2. The van der Waals surface area contributed by atoms with Crippen molar-refractivity contribution in [2.75, 3.05) is 0 Å². The Bertz CT molecular complexity index is 881. The van der Waals surface area contributed by atoms with Crippen LogP contribution in [-0.4, -0.2) is 15.5 Å². The molecule has 0 saturated carbocycles. The van der Waals surface area contributed by atoms with Crippen LogP contribution in [0.3, 0.4) is 0 Å². The maximum Gasteiger partial charge on any atom is 0.283 e. The standard InChI is InChI=1S/C16H9N2O2/c19-15-14-11(16-18(15)20-16)5-3-7-13(14)17-9-8-10-4-1-2-6-12(10)17/h1-9H. The second kappa shape index (κ2) is 3.29. The SMILES string of the molecule is O=C1c2c(cccc2-n2ccc3ccccc32)[C]2ON21. The van der Waals surface area contributed by atoms with E-state index in [1.165, 1.54) is 5.06 Å². The minimum atomic E-state index is -0.0802. The number of carbonyl (C=O) groups is 1. The van der Waals surface area contributed by atoms with Crippen molar-refractivity contribution in [3.63, 3.8) is 0 Å². The smallest absolute Gasteiger partial charge is 0.283 e. The number of nitrogens with zero attached hydrogens (tertiary/aromatic N) is 2. The number of para-hydroxylation sites is 1. The van der Waals surface area contributed by atoms with Crippen molar-refractivity contribution in [3.8, 4) is 5.69 Å². The fourth-order valence-corrected chi connectivity index (χ4v) is 2.90. The fraction of sp³-hybridized carbons (Fsp3) is 0. The summed E-state index contributed by atoms with van der Waals surface area (Å²) in [5.41, 5.74) is 3.59. The van der Waals surface area contributed by atoms with Gasteiger partial charge in [-0.15, -0.1) is 0 Å². The van der Waals surface area contributed by atoms with Crippen molar-refractivity contribution in [1.29, 1.82) is 0 Å². The summed E-state index contributed by atoms with van der Waals surface area (Å²) < 4.78 is 2.05. The van der Waals surface area contributed by atoms with Gasteiger partial charge in [-0.3, -0.25) is 4.79 Å². The zero-order chi connectivity index (χ0) is 13.3. The van der Waals surface area contributed by atoms with Gasteiger partial charge in [0.25, 0.3) is 12.1 Å². The highest BCUT2D eigenvalue weighted by Crippen LogP contribution is 2.47. The molecule has 20 heavy (non-hydrogen) atoms. The monoisotopic (exact) mass is 261 g/mol. The zero-order valence-corrected chi connectivity index (χ0v) is 10.4. The van der Waals surface area contributed by atoms with E-state index < -0.39 is 0 Å². The molecule has 2 aliphatic rings. The van der Waals surface area contributed by atoms with Crippen LogP contribution in [0.4, 0.5) is 0 Å². The van der Waals surface area contributed by atoms with Gasteiger partial charge in [0.15, 0.2) is 0 Å². The highest BCUT2D eigenvalue weighted by Gasteiger charge is 2.54. The number of amides is 1. The topological polar surface area (TPSA) is 37.5 Å². The van der Waals surface area contributed by atoms with Crippen LogP contribution >= 0.6 is 0 Å². The lowest BCUT2D eigenvalue weighted by Gasteiger charge is -2.10. The molecule has 1 saturated heterocycles. The van der Waals surface area contributed by atoms with Crippen molar-refractivity contribution < 1.29 is 9.63 Å². The third-order valence-electron chi connectivity index (χ3n) is 3.86. The molecule has 1 radical (unpaired) electrons. The Hall–Kier alpha value is -2.59. The first kappa shape index (κ1) is 10.2. The van der Waals surface area contributed by atoms with E-state index in [9.17, 15) is 4.79 Å². The van der Waals surface area contributed by atoms with Gasteiger partial charge in [0.05, 0.1) is 16.8 Å². The second-order valence-corrected chi connectivity index (χ2v) is 4.94. The van der Waals surface area contributed by atoms with Crippen LogP contribution in [0.1, 0.15) is 15.9 Å². The summed E-state index contributed by atoms with van der Waals surface area (Å²) in [4.78, 5) is 17.4. The lowest BCUT2D eigenvalue weighted by molar-refractivity contribution is 0.0712. The molecule has 1 amide bonds. The van der Waals surface area contributed by atoms with Crippen LogP contribution in [0.25, 0.3) is 16.6 Å². The fourth-order valence-electron chi connectivity index (χ4n) is 2.90. The molecule has 3 heterocycles. The minimum Gasteiger partial charge on any atom is -0.316 e. The Kier molecular flexibility index (Phi) is 1.68. The maximum atomic E-state index is 12.3. The van der Waals surface area contributed by atoms with Crippen LogP contribution in [-0.2, 0) is 4.84 Å². The molecular weight excluding hydrogens is 252 g/mol. The summed E-state index contributed by atoms with van der Waals surface area (Å²) in [7, 11) is 0. The molecule has 0 N–H and O–H groups in total. The van der Waals surface area contributed by atoms with Crippen molar-refractivity contribution in [2.24, 2.45) is 0 Å². The van der Waals surface area contributed by atoms with E-state index in [2.05, 4.69) is 22.8 Å². The number of rotatable bonds is 1. The molecule has 95 valence electrons. The summed E-state index contributed by atoms with van der Waals surface area (Å²) in [6, 6.07) is 16.0. The van der Waals surface area contributed by atoms with Crippen LogP contribution in [0.5, 0.6) is 0 Å². The largest absolute Gasteiger partial charge is 0.316 e. The highest BCUT2D eigenvalue weighted by atomic mass is 16.8. The summed E-state index contributed by atoms with van der Waals surface area (Å²) in [6.45, 7) is 0. The average molecular weight is 261 g/mol. The van der Waals surface area contributed by atoms with Crippen molar-refractivity contribution in [3.05, 3.63) is 72.1 Å². The molecule has 0 bridgehead atoms. The molecule has 1 fully saturated rings. The van der Waals surface area contributed by atoms with Crippen LogP contribution in [0.15, 0.2) is 54.7 Å². The normalized spacial score (nSPS) is 16.6. The molecule has 4 heteroatoms. The van der Waals surface area contributed by atoms with Crippen LogP contribution in [0.2, 0.25) is 0 Å². The number of hydrogen-bond donors (Lipinski definition) is 0. The van der Waals surface area contributed by atoms with Gasteiger partial charge in [-0.2, -0.15) is 5.06 Å². The lowest BCUT2D eigenvalue weighted by Crippen LogP contribution is -2.10. The van der Waals surface area contributed by atoms with Gasteiger partial charge in [-0.1, -0.05) is 30.3 Å². The Labute approximate surface area is 114 Å². The molecule has 1 aromatic heterocycles. The number of hydrogen-bond acceptors (Lipinski definition) is 2. The van der Waals surface area contributed by atoms with E-state index in [1.54, 1.807) is 0 Å². The number of aromatic nitrogens is 1. The van der Waals surface area contributed by atoms with E-state index >= 15 is 0 Å². The number of benzene rings is 2. The molecule has 0 spiro atoms. The van der Waals surface area contributed by atoms with Gasteiger partial charge in [0.2, 0.25) is 0 Å². The predicted octanol–water partition coefficient (Wildman–Crippen LogP) is 2.87. The number of carbonyl (C=O) groups excluding carboxylic acids is 1. The van der Waals surface area contributed by atoms with Gasteiger partial charge in [-0.25, -0.2) is 4.84 Å². The Morgan fingerprint density at radius 3 is 2.80 bits per heavy atom. The van der Waals surface area contributed by atoms with E-state index in [0.29, 0.717) is 6.23 Å². The third kappa shape index (κ3) is 1.12. The number of fused-ring (bicyclic) bond motifs is 4. The molecule has 2 aliphatic heterocycles. The Balaban J connectivity index is 1.83. The molecule has 5 rings (SSSR count). The molecule has 0 atom stereocenters. The van der Waals surface area contributed by atoms with E-state index in [-0.39, 0.29) is 5.91 Å². The summed E-state index contributed by atoms with van der Waals surface area (Å²) in [6.07, 6.45) is 2.67. The van der Waals surface area contributed by atoms with E-state index in [0.717, 1.165) is 27.7 Å². The number of hydroxylamine groups is 2. The zero-order valence-electron chi connectivity index (χ0n) is 10.4. The lowest BCUT2D eigenvalue weighted by atomic mass is 10.1. The Morgan fingerprint density at radius 1 is 0.950 bits per heavy atom. The molecule has 0 aliphatic carbocycles. The van der Waals surface area contributed by atoms with Crippen molar-refractivity contribution in [1.82, 2.24) is 9.63 Å². The quantitative estimate of drug-likeness (QED) is 0.632. The predicted molar refractivity (Wildman–Crippen MR) is 72.9 cm³/mol. The van der Waals surface area contributed by atoms with Crippen LogP contribution < -0.4 is 0 Å². The molecule has 0 unspecified atom stereocenters. The summed E-state index contributed by atoms with van der Waals surface area (Å²) in [5, 5.41) is 2.50. The summed E-state index contributed by atoms with van der Waals surface area (Å²) in [5.74, 6) is -0.0802. The van der Waals surface area contributed by atoms with Gasteiger partial charge in [-0.05, 0) is 23.6 Å². The van der Waals surface area contributed by atoms with Gasteiger partial charge in [0, 0.05) is 11.8 Å². The maximum absolute atomic E-state index is 12.3. The van der Waals surface area contributed by atoms with Gasteiger partial charge in [0.1, 0.15) is 0 Å². The third-order valence-corrected chi connectivity index (χ3v) is 3.86.